The van der Waals surface area contributed by atoms with E-state index in [9.17, 15) is 4.79 Å². The van der Waals surface area contributed by atoms with Gasteiger partial charge in [0.15, 0.2) is 0 Å². The summed E-state index contributed by atoms with van der Waals surface area (Å²) in [5.41, 5.74) is 3.04. The Kier molecular flexibility index (Phi) is 4.78. The summed E-state index contributed by atoms with van der Waals surface area (Å²) in [7, 11) is 1.33. The molecule has 0 fully saturated rings. The number of fused-ring (bicyclic) bond motifs is 1. The minimum absolute atomic E-state index is 0.627. The average molecular weight is 301 g/mol. The summed E-state index contributed by atoms with van der Waals surface area (Å²) in [5.74, 6) is 1.39. The lowest BCUT2D eigenvalue weighted by atomic mass is 9.97. The van der Waals surface area contributed by atoms with Gasteiger partial charge < -0.3 is 9.47 Å². The SMILES string of the molecule is COC(=O)OC1=CCCN(CCC2CCc3ccccc32)C1. The topological polar surface area (TPSA) is 38.8 Å². The normalized spacial score (nSPS) is 21.1. The van der Waals surface area contributed by atoms with E-state index in [1.807, 2.05) is 6.08 Å². The predicted octanol–water partition coefficient (Wildman–Crippen LogP) is 3.48. The van der Waals surface area contributed by atoms with Gasteiger partial charge in [-0.1, -0.05) is 24.3 Å². The van der Waals surface area contributed by atoms with Crippen molar-refractivity contribution in [1.29, 1.82) is 0 Å². The van der Waals surface area contributed by atoms with Gasteiger partial charge in [0.25, 0.3) is 0 Å². The summed E-state index contributed by atoms with van der Waals surface area (Å²) >= 11 is 0. The van der Waals surface area contributed by atoms with Crippen molar-refractivity contribution < 1.29 is 14.3 Å². The lowest BCUT2D eigenvalue weighted by Crippen LogP contribution is -2.32. The molecule has 4 heteroatoms. The number of rotatable bonds is 4. The molecular weight excluding hydrogens is 278 g/mol. The summed E-state index contributed by atoms with van der Waals surface area (Å²) in [5, 5.41) is 0. The third kappa shape index (κ3) is 3.50. The highest BCUT2D eigenvalue weighted by Crippen LogP contribution is 2.35. The van der Waals surface area contributed by atoms with Crippen molar-refractivity contribution in [1.82, 2.24) is 4.90 Å². The monoisotopic (exact) mass is 301 g/mol. The lowest BCUT2D eigenvalue weighted by molar-refractivity contribution is 0.0870. The highest BCUT2D eigenvalue weighted by Gasteiger charge is 2.23. The van der Waals surface area contributed by atoms with Crippen molar-refractivity contribution in [2.45, 2.75) is 31.6 Å². The minimum atomic E-state index is -0.627. The molecule has 118 valence electrons. The summed E-state index contributed by atoms with van der Waals surface area (Å²) in [6.07, 6.45) is 5.92. The fourth-order valence-corrected chi connectivity index (χ4v) is 3.47. The quantitative estimate of drug-likeness (QED) is 0.798. The van der Waals surface area contributed by atoms with E-state index >= 15 is 0 Å². The number of nitrogens with zero attached hydrogens (tertiary/aromatic N) is 1. The van der Waals surface area contributed by atoms with Crippen LogP contribution in [0.1, 0.15) is 36.3 Å². The van der Waals surface area contributed by atoms with E-state index in [-0.39, 0.29) is 0 Å². The molecule has 1 atom stereocenters. The summed E-state index contributed by atoms with van der Waals surface area (Å²) in [6, 6.07) is 8.80. The molecule has 1 aromatic rings. The fraction of sp³-hybridized carbons (Fsp3) is 0.500. The van der Waals surface area contributed by atoms with Crippen LogP contribution < -0.4 is 0 Å². The molecule has 2 aliphatic rings. The van der Waals surface area contributed by atoms with Gasteiger partial charge in [0.2, 0.25) is 0 Å². The molecule has 4 nitrogen and oxygen atoms in total. The Morgan fingerprint density at radius 3 is 3.09 bits per heavy atom. The van der Waals surface area contributed by atoms with Gasteiger partial charge in [0, 0.05) is 6.54 Å². The van der Waals surface area contributed by atoms with Crippen LogP contribution in [-0.4, -0.2) is 37.8 Å². The summed E-state index contributed by atoms with van der Waals surface area (Å²) < 4.78 is 9.71. The van der Waals surface area contributed by atoms with Crippen molar-refractivity contribution in [2.24, 2.45) is 0 Å². The first-order valence-electron chi connectivity index (χ1n) is 8.01. The second-order valence-electron chi connectivity index (χ2n) is 6.01. The Balaban J connectivity index is 1.51. The number of carbonyl (C=O) groups excluding carboxylic acids is 1. The number of aryl methyl sites for hydroxylation is 1. The predicted molar refractivity (Wildman–Crippen MR) is 84.8 cm³/mol. The van der Waals surface area contributed by atoms with Crippen LogP contribution in [0, 0.1) is 0 Å². The van der Waals surface area contributed by atoms with Crippen LogP contribution in [0.3, 0.4) is 0 Å². The van der Waals surface area contributed by atoms with Crippen LogP contribution in [0.25, 0.3) is 0 Å². The molecule has 1 aliphatic heterocycles. The molecule has 1 aromatic carbocycles. The fourth-order valence-electron chi connectivity index (χ4n) is 3.47. The molecule has 0 aromatic heterocycles. The lowest BCUT2D eigenvalue weighted by Gasteiger charge is -2.27. The maximum Gasteiger partial charge on any atom is 0.513 e. The van der Waals surface area contributed by atoms with Crippen LogP contribution in [0.4, 0.5) is 4.79 Å². The van der Waals surface area contributed by atoms with Gasteiger partial charge in [-0.2, -0.15) is 0 Å². The summed E-state index contributed by atoms with van der Waals surface area (Å²) in [6.45, 7) is 2.77. The van der Waals surface area contributed by atoms with Crippen LogP contribution in [-0.2, 0) is 15.9 Å². The van der Waals surface area contributed by atoms with E-state index < -0.39 is 6.16 Å². The molecule has 1 aliphatic carbocycles. The average Bonchev–Trinajstić information content (AvgIpc) is 2.96. The van der Waals surface area contributed by atoms with E-state index in [4.69, 9.17) is 4.74 Å². The number of hydrogen-bond acceptors (Lipinski definition) is 4. The molecule has 1 unspecified atom stereocenters. The molecule has 0 amide bonds. The second-order valence-corrected chi connectivity index (χ2v) is 6.01. The first kappa shape index (κ1) is 15.1. The Hall–Kier alpha value is -1.81. The Morgan fingerprint density at radius 2 is 2.23 bits per heavy atom. The molecule has 22 heavy (non-hydrogen) atoms. The Labute approximate surface area is 131 Å². The molecular formula is C18H23NO3. The van der Waals surface area contributed by atoms with E-state index in [1.54, 1.807) is 0 Å². The molecule has 0 radical (unpaired) electrons. The van der Waals surface area contributed by atoms with Crippen LogP contribution in [0.2, 0.25) is 0 Å². The number of hydrogen-bond donors (Lipinski definition) is 0. The standard InChI is InChI=1S/C18H23NO3/c1-21-18(20)22-16-6-4-11-19(13-16)12-10-15-9-8-14-5-2-3-7-17(14)15/h2-3,5-7,15H,4,8-13H2,1H3. The maximum absolute atomic E-state index is 11.2. The molecule has 0 saturated heterocycles. The van der Waals surface area contributed by atoms with Gasteiger partial charge >= 0.3 is 6.16 Å². The van der Waals surface area contributed by atoms with Gasteiger partial charge in [0.1, 0.15) is 5.76 Å². The molecule has 0 saturated carbocycles. The van der Waals surface area contributed by atoms with Crippen molar-refractivity contribution in [2.75, 3.05) is 26.7 Å². The van der Waals surface area contributed by atoms with E-state index in [0.29, 0.717) is 18.2 Å². The highest BCUT2D eigenvalue weighted by atomic mass is 16.7. The zero-order valence-electron chi connectivity index (χ0n) is 13.1. The van der Waals surface area contributed by atoms with Crippen molar-refractivity contribution in [3.63, 3.8) is 0 Å². The van der Waals surface area contributed by atoms with Gasteiger partial charge in [-0.3, -0.25) is 4.90 Å². The van der Waals surface area contributed by atoms with E-state index in [0.717, 1.165) is 19.5 Å². The van der Waals surface area contributed by atoms with Gasteiger partial charge in [-0.25, -0.2) is 4.79 Å². The maximum atomic E-state index is 11.2. The molecule has 0 bridgehead atoms. The third-order valence-corrected chi connectivity index (χ3v) is 4.63. The van der Waals surface area contributed by atoms with Crippen molar-refractivity contribution >= 4 is 6.16 Å². The van der Waals surface area contributed by atoms with Crippen molar-refractivity contribution in [3.8, 4) is 0 Å². The first-order valence-corrected chi connectivity index (χ1v) is 8.01. The van der Waals surface area contributed by atoms with Crippen LogP contribution in [0.15, 0.2) is 36.1 Å². The highest BCUT2D eigenvalue weighted by molar-refractivity contribution is 5.61. The van der Waals surface area contributed by atoms with E-state index in [2.05, 4.69) is 33.9 Å². The molecule has 1 heterocycles. The molecule has 0 N–H and O–H groups in total. The second kappa shape index (κ2) is 6.97. The molecule has 3 rings (SSSR count). The van der Waals surface area contributed by atoms with Gasteiger partial charge in [0.05, 0.1) is 13.7 Å². The van der Waals surface area contributed by atoms with E-state index in [1.165, 1.54) is 37.5 Å². The number of carbonyl (C=O) groups is 1. The smallest absolute Gasteiger partial charge is 0.437 e. The number of benzene rings is 1. The van der Waals surface area contributed by atoms with Crippen LogP contribution in [0.5, 0.6) is 0 Å². The van der Waals surface area contributed by atoms with Gasteiger partial charge in [-0.05, 0) is 55.3 Å². The van der Waals surface area contributed by atoms with Crippen LogP contribution >= 0.6 is 0 Å². The largest absolute Gasteiger partial charge is 0.513 e. The number of ether oxygens (including phenoxy) is 2. The minimum Gasteiger partial charge on any atom is -0.437 e. The van der Waals surface area contributed by atoms with Crippen molar-refractivity contribution in [3.05, 3.63) is 47.2 Å². The first-order chi connectivity index (χ1) is 10.8. The zero-order chi connectivity index (χ0) is 15.4. The van der Waals surface area contributed by atoms with Gasteiger partial charge in [-0.15, -0.1) is 0 Å². The number of methoxy groups -OCH3 is 1. The third-order valence-electron chi connectivity index (χ3n) is 4.63. The zero-order valence-corrected chi connectivity index (χ0v) is 13.1. The Morgan fingerprint density at radius 1 is 1.36 bits per heavy atom. The summed E-state index contributed by atoms with van der Waals surface area (Å²) in [4.78, 5) is 13.5. The molecule has 0 spiro atoms. The Bertz CT molecular complexity index is 567.